The van der Waals surface area contributed by atoms with Gasteiger partial charge in [0.15, 0.2) is 0 Å². The number of aromatic nitrogens is 1. The Morgan fingerprint density at radius 1 is 1.43 bits per heavy atom. The number of carboxylic acid groups (broad SMARTS) is 1. The summed E-state index contributed by atoms with van der Waals surface area (Å²) in [5, 5.41) is 14.1. The van der Waals surface area contributed by atoms with Crippen molar-refractivity contribution >= 4 is 21.9 Å². The number of amides is 1. The second-order valence-electron chi connectivity index (χ2n) is 5.19. The first kappa shape index (κ1) is 15.5. The maximum atomic E-state index is 12.5. The van der Waals surface area contributed by atoms with Gasteiger partial charge < -0.3 is 14.6 Å². The van der Waals surface area contributed by atoms with E-state index in [4.69, 9.17) is 10.2 Å². The smallest absolute Gasteiger partial charge is 0.308 e. The predicted molar refractivity (Wildman–Crippen MR) is 73.0 cm³/mol. The highest BCUT2D eigenvalue weighted by molar-refractivity contribution is 7.89. The molecule has 2 heterocycles. The minimum Gasteiger partial charge on any atom is -0.481 e. The zero-order valence-corrected chi connectivity index (χ0v) is 12.5. The van der Waals surface area contributed by atoms with Gasteiger partial charge in [-0.05, 0) is 19.4 Å². The maximum absolute atomic E-state index is 12.5. The number of carbonyl (C=O) groups excluding carboxylic acids is 1. The molecule has 2 atom stereocenters. The van der Waals surface area contributed by atoms with E-state index in [2.05, 4.69) is 0 Å². The summed E-state index contributed by atoms with van der Waals surface area (Å²) in [6.45, 7) is 2.00. The van der Waals surface area contributed by atoms with Gasteiger partial charge in [-0.25, -0.2) is 13.6 Å². The van der Waals surface area contributed by atoms with E-state index in [1.165, 1.54) is 28.8 Å². The Labute approximate surface area is 122 Å². The molecule has 0 bridgehead atoms. The summed E-state index contributed by atoms with van der Waals surface area (Å²) in [5.74, 6) is -1.94. The second-order valence-corrected chi connectivity index (χ2v) is 6.75. The first-order valence-electron chi connectivity index (χ1n) is 6.36. The van der Waals surface area contributed by atoms with Crippen LogP contribution in [-0.4, -0.2) is 47.5 Å². The lowest BCUT2D eigenvalue weighted by Gasteiger charge is -2.23. The number of nitrogens with zero attached hydrogens (tertiary/aromatic N) is 2. The minimum atomic E-state index is -3.88. The van der Waals surface area contributed by atoms with E-state index in [0.717, 1.165) is 0 Å². The summed E-state index contributed by atoms with van der Waals surface area (Å²) in [4.78, 5) is 24.8. The lowest BCUT2D eigenvalue weighted by Crippen LogP contribution is -2.38. The summed E-state index contributed by atoms with van der Waals surface area (Å²) in [6, 6.07) is 0.765. The van der Waals surface area contributed by atoms with Gasteiger partial charge in [0.05, 0.1) is 5.92 Å². The highest BCUT2D eigenvalue weighted by Gasteiger charge is 2.39. The summed E-state index contributed by atoms with van der Waals surface area (Å²) in [6.07, 6.45) is 1.65. The normalized spacial score (nSPS) is 22.5. The van der Waals surface area contributed by atoms with Crippen LogP contribution in [0.5, 0.6) is 0 Å². The van der Waals surface area contributed by atoms with Gasteiger partial charge in [-0.2, -0.15) is 0 Å². The Bertz CT molecular complexity index is 694. The molecule has 8 nitrogen and oxygen atoms in total. The number of carboxylic acids is 1. The number of likely N-dealkylation sites (tertiary alicyclic amines) is 1. The van der Waals surface area contributed by atoms with Crippen LogP contribution >= 0.6 is 0 Å². The first-order valence-corrected chi connectivity index (χ1v) is 7.90. The molecule has 0 aromatic carbocycles. The third-order valence-electron chi connectivity index (χ3n) is 3.86. The number of nitrogens with two attached hydrogens (primary N) is 1. The molecule has 0 aliphatic carbocycles. The fraction of sp³-hybridized carbons (Fsp3) is 0.500. The molecule has 0 spiro atoms. The molecule has 9 heteroatoms. The number of aryl methyl sites for hydroxylation is 1. The van der Waals surface area contributed by atoms with Crippen LogP contribution in [0.1, 0.15) is 23.8 Å². The highest BCUT2D eigenvalue weighted by atomic mass is 32.2. The molecule has 2 rings (SSSR count). The van der Waals surface area contributed by atoms with E-state index in [1.54, 1.807) is 6.92 Å². The van der Waals surface area contributed by atoms with Gasteiger partial charge in [-0.3, -0.25) is 9.59 Å². The van der Waals surface area contributed by atoms with E-state index < -0.39 is 33.9 Å². The summed E-state index contributed by atoms with van der Waals surface area (Å²) >= 11 is 0. The second kappa shape index (κ2) is 5.15. The zero-order chi connectivity index (χ0) is 15.9. The molecule has 1 aliphatic rings. The molecule has 1 fully saturated rings. The molecule has 0 saturated carbocycles. The Morgan fingerprint density at radius 3 is 2.48 bits per heavy atom. The fourth-order valence-corrected chi connectivity index (χ4v) is 3.19. The molecule has 1 aromatic rings. The average Bonchev–Trinajstić information content (AvgIpc) is 2.91. The van der Waals surface area contributed by atoms with Crippen LogP contribution in [0.3, 0.4) is 0 Å². The number of hydrogen-bond donors (Lipinski definition) is 2. The lowest BCUT2D eigenvalue weighted by atomic mass is 10.0. The molecule has 21 heavy (non-hydrogen) atoms. The van der Waals surface area contributed by atoms with Crippen molar-refractivity contribution in [1.82, 2.24) is 9.47 Å². The quantitative estimate of drug-likeness (QED) is 0.786. The molecule has 2 unspecified atom stereocenters. The Morgan fingerprint density at radius 2 is 2.05 bits per heavy atom. The van der Waals surface area contributed by atoms with Crippen molar-refractivity contribution in [2.75, 3.05) is 6.54 Å². The summed E-state index contributed by atoms with van der Waals surface area (Å²) in [5.41, 5.74) is 0.164. The van der Waals surface area contributed by atoms with Gasteiger partial charge in [0.1, 0.15) is 10.6 Å². The number of primary sulfonamides is 1. The number of sulfonamides is 1. The zero-order valence-electron chi connectivity index (χ0n) is 11.7. The Hall–Kier alpha value is -1.87. The first-order chi connectivity index (χ1) is 9.62. The van der Waals surface area contributed by atoms with Crippen molar-refractivity contribution in [1.29, 1.82) is 0 Å². The predicted octanol–water partition coefficient (Wildman–Crippen LogP) is -0.392. The minimum absolute atomic E-state index is 0.144. The number of aliphatic carboxylic acids is 1. The monoisotopic (exact) mass is 315 g/mol. The molecule has 1 aromatic heterocycles. The van der Waals surface area contributed by atoms with Crippen LogP contribution in [0.25, 0.3) is 0 Å². The summed E-state index contributed by atoms with van der Waals surface area (Å²) in [7, 11) is -2.35. The van der Waals surface area contributed by atoms with Gasteiger partial charge in [-0.1, -0.05) is 0 Å². The molecule has 116 valence electrons. The maximum Gasteiger partial charge on any atom is 0.308 e. The average molecular weight is 315 g/mol. The molecular formula is C12H17N3O5S. The third kappa shape index (κ3) is 2.79. The standard InChI is InChI=1S/C12H17N3O5S/c1-7-9(12(17)18)3-4-15(7)11(16)10-5-8(6-14(10)2)21(13,19)20/h5-7,9H,3-4H2,1-2H3,(H,17,18)(H2,13,19,20). The molecule has 1 aliphatic heterocycles. The Balaban J connectivity index is 2.30. The lowest BCUT2D eigenvalue weighted by molar-refractivity contribution is -0.142. The van der Waals surface area contributed by atoms with Crippen LogP contribution in [-0.2, 0) is 21.9 Å². The van der Waals surface area contributed by atoms with Crippen LogP contribution < -0.4 is 5.14 Å². The number of rotatable bonds is 3. The van der Waals surface area contributed by atoms with Crippen molar-refractivity contribution < 1.29 is 23.1 Å². The summed E-state index contributed by atoms with van der Waals surface area (Å²) < 4.78 is 24.0. The van der Waals surface area contributed by atoms with Gasteiger partial charge in [0.2, 0.25) is 10.0 Å². The van der Waals surface area contributed by atoms with Gasteiger partial charge in [0.25, 0.3) is 5.91 Å². The largest absolute Gasteiger partial charge is 0.481 e. The van der Waals surface area contributed by atoms with Crippen molar-refractivity contribution in [3.05, 3.63) is 18.0 Å². The molecule has 1 amide bonds. The van der Waals surface area contributed by atoms with Gasteiger partial charge in [0, 0.05) is 25.8 Å². The van der Waals surface area contributed by atoms with Crippen molar-refractivity contribution in [2.24, 2.45) is 18.1 Å². The Kier molecular flexibility index (Phi) is 3.81. The van der Waals surface area contributed by atoms with Gasteiger partial charge in [-0.15, -0.1) is 0 Å². The van der Waals surface area contributed by atoms with Crippen LogP contribution in [0.15, 0.2) is 17.2 Å². The van der Waals surface area contributed by atoms with E-state index in [0.29, 0.717) is 13.0 Å². The van der Waals surface area contributed by atoms with Crippen LogP contribution in [0, 0.1) is 5.92 Å². The molecule has 1 saturated heterocycles. The van der Waals surface area contributed by atoms with E-state index in [1.807, 2.05) is 0 Å². The number of hydrogen-bond acceptors (Lipinski definition) is 4. The molecular weight excluding hydrogens is 298 g/mol. The number of carbonyl (C=O) groups is 2. The third-order valence-corrected chi connectivity index (χ3v) is 4.74. The van der Waals surface area contributed by atoms with Crippen LogP contribution in [0.4, 0.5) is 0 Å². The highest BCUT2D eigenvalue weighted by Crippen LogP contribution is 2.26. The van der Waals surface area contributed by atoms with Crippen molar-refractivity contribution in [2.45, 2.75) is 24.3 Å². The topological polar surface area (TPSA) is 123 Å². The van der Waals surface area contributed by atoms with Crippen molar-refractivity contribution in [3.63, 3.8) is 0 Å². The van der Waals surface area contributed by atoms with Gasteiger partial charge >= 0.3 is 5.97 Å². The van der Waals surface area contributed by atoms with E-state index in [-0.39, 0.29) is 10.6 Å². The fourth-order valence-electron chi connectivity index (χ4n) is 2.61. The van der Waals surface area contributed by atoms with Crippen LogP contribution in [0.2, 0.25) is 0 Å². The molecule has 0 radical (unpaired) electrons. The van der Waals surface area contributed by atoms with Crippen molar-refractivity contribution in [3.8, 4) is 0 Å². The molecule has 3 N–H and O–H groups in total. The van der Waals surface area contributed by atoms with E-state index in [9.17, 15) is 18.0 Å². The van der Waals surface area contributed by atoms with E-state index >= 15 is 0 Å². The SMILES string of the molecule is CC1C(C(=O)O)CCN1C(=O)c1cc(S(N)(=O)=O)cn1C.